The number of hydrogen-bond donors (Lipinski definition) is 0. The van der Waals surface area contributed by atoms with Gasteiger partial charge in [-0.05, 0) is 25.7 Å². The molecule has 0 aromatic carbocycles. The second-order valence-electron chi connectivity index (χ2n) is 12.9. The molecular formula is C37H74N2. The molecule has 0 aromatic rings. The van der Waals surface area contributed by atoms with Crippen LogP contribution >= 0.6 is 0 Å². The van der Waals surface area contributed by atoms with Gasteiger partial charge in [0.15, 0.2) is 0 Å². The maximum absolute atomic E-state index is 2.69. The molecule has 2 nitrogen and oxygen atoms in total. The van der Waals surface area contributed by atoms with Crippen LogP contribution in [0.15, 0.2) is 12.4 Å². The van der Waals surface area contributed by atoms with E-state index in [-0.39, 0.29) is 0 Å². The third-order valence-corrected chi connectivity index (χ3v) is 9.07. The Hall–Kier alpha value is -0.660. The zero-order valence-electron chi connectivity index (χ0n) is 27.5. The van der Waals surface area contributed by atoms with Crippen LogP contribution < -0.4 is 0 Å². The molecule has 232 valence electrons. The van der Waals surface area contributed by atoms with Crippen molar-refractivity contribution in [1.29, 1.82) is 0 Å². The molecule has 0 N–H and O–H groups in total. The molecular weight excluding hydrogens is 472 g/mol. The van der Waals surface area contributed by atoms with E-state index in [1.807, 2.05) is 0 Å². The molecule has 0 fully saturated rings. The van der Waals surface area contributed by atoms with Gasteiger partial charge in [0.05, 0.1) is 0 Å². The first kappa shape index (κ1) is 36.4. The third-order valence-electron chi connectivity index (χ3n) is 9.07. The van der Waals surface area contributed by atoms with Gasteiger partial charge in [-0.15, -0.1) is 0 Å². The molecule has 0 saturated carbocycles. The molecule has 1 aliphatic heterocycles. The number of rotatable bonds is 31. The van der Waals surface area contributed by atoms with E-state index in [1.165, 1.54) is 199 Å². The first-order chi connectivity index (χ1) is 19.3. The summed E-state index contributed by atoms with van der Waals surface area (Å²) in [6, 6.07) is 0. The monoisotopic (exact) mass is 547 g/mol. The van der Waals surface area contributed by atoms with E-state index in [2.05, 4.69) is 43.0 Å². The van der Waals surface area contributed by atoms with Gasteiger partial charge < -0.3 is 9.80 Å². The van der Waals surface area contributed by atoms with Crippen molar-refractivity contribution < 1.29 is 0 Å². The Labute approximate surface area is 248 Å². The van der Waals surface area contributed by atoms with Crippen molar-refractivity contribution in [2.45, 2.75) is 213 Å². The summed E-state index contributed by atoms with van der Waals surface area (Å²) in [4.78, 5) is 5.36. The minimum Gasteiger partial charge on any atom is -0.356 e. The highest BCUT2D eigenvalue weighted by atomic mass is 15.4. The Bertz CT molecular complexity index is 502. The molecule has 0 aromatic heterocycles. The van der Waals surface area contributed by atoms with Crippen LogP contribution in [0.1, 0.15) is 207 Å². The van der Waals surface area contributed by atoms with Crippen molar-refractivity contribution in [1.82, 2.24) is 9.80 Å². The Balaban J connectivity index is 2.04. The largest absolute Gasteiger partial charge is 0.356 e. The summed E-state index contributed by atoms with van der Waals surface area (Å²) >= 11 is 0. The first-order valence-corrected chi connectivity index (χ1v) is 18.5. The van der Waals surface area contributed by atoms with Crippen molar-refractivity contribution in [2.24, 2.45) is 0 Å². The Kier molecular flexibility index (Phi) is 26.9. The second-order valence-corrected chi connectivity index (χ2v) is 12.9. The van der Waals surface area contributed by atoms with E-state index >= 15 is 0 Å². The van der Waals surface area contributed by atoms with Gasteiger partial charge in [-0.3, -0.25) is 0 Å². The quantitative estimate of drug-likeness (QED) is 0.0798. The predicted molar refractivity (Wildman–Crippen MR) is 177 cm³/mol. The summed E-state index contributed by atoms with van der Waals surface area (Å²) in [5.41, 5.74) is 0. The van der Waals surface area contributed by atoms with Gasteiger partial charge in [-0.25, -0.2) is 0 Å². The minimum atomic E-state index is 0.642. The van der Waals surface area contributed by atoms with Crippen LogP contribution in [0.5, 0.6) is 0 Å². The fourth-order valence-corrected chi connectivity index (χ4v) is 6.36. The summed E-state index contributed by atoms with van der Waals surface area (Å²) in [6.07, 6.45) is 47.0. The molecule has 0 aliphatic carbocycles. The SMILES string of the molecule is CCCCCCCCCCCCCCCCCCCN1C=CN(CCCCC)C1CCCCCCCCCC. The molecule has 1 rings (SSSR count). The predicted octanol–water partition coefficient (Wildman–Crippen LogP) is 12.8. The zero-order valence-corrected chi connectivity index (χ0v) is 27.5. The highest BCUT2D eigenvalue weighted by Gasteiger charge is 2.24. The van der Waals surface area contributed by atoms with Crippen LogP contribution in [0.2, 0.25) is 0 Å². The van der Waals surface area contributed by atoms with E-state index in [1.54, 1.807) is 0 Å². The zero-order chi connectivity index (χ0) is 28.1. The average molecular weight is 547 g/mol. The minimum absolute atomic E-state index is 0.642. The van der Waals surface area contributed by atoms with E-state index in [0.717, 1.165) is 0 Å². The molecule has 0 amide bonds. The second kappa shape index (κ2) is 28.9. The fraction of sp³-hybridized carbons (Fsp3) is 0.946. The van der Waals surface area contributed by atoms with E-state index in [0.29, 0.717) is 6.17 Å². The van der Waals surface area contributed by atoms with Crippen LogP contribution in [0, 0.1) is 0 Å². The maximum atomic E-state index is 2.69. The topological polar surface area (TPSA) is 6.48 Å². The highest BCUT2D eigenvalue weighted by Crippen LogP contribution is 2.24. The standard InChI is InChI=1S/C37H74N2/c1-4-7-10-12-14-16-17-18-19-20-21-22-23-24-26-28-31-34-39-36-35-38(33-30-9-6-3)37(39)32-29-27-25-15-13-11-8-5-2/h35-37H,4-34H2,1-3H3. The molecule has 1 heterocycles. The maximum Gasteiger partial charge on any atom is 0.101 e. The van der Waals surface area contributed by atoms with Crippen LogP contribution in [0.25, 0.3) is 0 Å². The highest BCUT2D eigenvalue weighted by molar-refractivity contribution is 4.97. The van der Waals surface area contributed by atoms with Crippen molar-refractivity contribution in [3.8, 4) is 0 Å². The van der Waals surface area contributed by atoms with Gasteiger partial charge in [0.25, 0.3) is 0 Å². The molecule has 2 heteroatoms. The lowest BCUT2D eigenvalue weighted by Crippen LogP contribution is -2.39. The van der Waals surface area contributed by atoms with E-state index < -0.39 is 0 Å². The number of unbranched alkanes of at least 4 members (excludes halogenated alkanes) is 25. The average Bonchev–Trinajstić information content (AvgIpc) is 3.33. The molecule has 1 atom stereocenters. The van der Waals surface area contributed by atoms with Crippen molar-refractivity contribution in [3.63, 3.8) is 0 Å². The normalized spacial score (nSPS) is 15.2. The van der Waals surface area contributed by atoms with Crippen LogP contribution in [0.4, 0.5) is 0 Å². The molecule has 0 spiro atoms. The fourth-order valence-electron chi connectivity index (χ4n) is 6.36. The third kappa shape index (κ3) is 21.7. The molecule has 1 unspecified atom stereocenters. The molecule has 0 radical (unpaired) electrons. The van der Waals surface area contributed by atoms with Crippen LogP contribution in [0.3, 0.4) is 0 Å². The Morgan fingerprint density at radius 2 is 0.590 bits per heavy atom. The summed E-state index contributed by atoms with van der Waals surface area (Å²) in [6.45, 7) is 9.46. The Morgan fingerprint density at radius 3 is 0.949 bits per heavy atom. The van der Waals surface area contributed by atoms with E-state index in [9.17, 15) is 0 Å². The van der Waals surface area contributed by atoms with Gasteiger partial charge in [0.2, 0.25) is 0 Å². The van der Waals surface area contributed by atoms with Gasteiger partial charge in [0.1, 0.15) is 6.17 Å². The van der Waals surface area contributed by atoms with Crippen molar-refractivity contribution >= 4 is 0 Å². The Morgan fingerprint density at radius 1 is 0.333 bits per heavy atom. The van der Waals surface area contributed by atoms with Crippen molar-refractivity contribution in [2.75, 3.05) is 13.1 Å². The van der Waals surface area contributed by atoms with Gasteiger partial charge in [-0.1, -0.05) is 181 Å². The lowest BCUT2D eigenvalue weighted by Gasteiger charge is -2.33. The van der Waals surface area contributed by atoms with Gasteiger partial charge >= 0.3 is 0 Å². The summed E-state index contributed by atoms with van der Waals surface area (Å²) in [5.74, 6) is 0. The van der Waals surface area contributed by atoms with E-state index in [4.69, 9.17) is 0 Å². The summed E-state index contributed by atoms with van der Waals surface area (Å²) < 4.78 is 0. The number of nitrogens with zero attached hydrogens (tertiary/aromatic N) is 2. The first-order valence-electron chi connectivity index (χ1n) is 18.5. The van der Waals surface area contributed by atoms with Crippen LogP contribution in [-0.4, -0.2) is 29.1 Å². The molecule has 0 bridgehead atoms. The molecule has 1 aliphatic rings. The van der Waals surface area contributed by atoms with Crippen molar-refractivity contribution in [3.05, 3.63) is 12.4 Å². The van der Waals surface area contributed by atoms with Gasteiger partial charge in [-0.2, -0.15) is 0 Å². The van der Waals surface area contributed by atoms with Crippen LogP contribution in [-0.2, 0) is 0 Å². The number of hydrogen-bond acceptors (Lipinski definition) is 2. The molecule has 39 heavy (non-hydrogen) atoms. The molecule has 0 saturated heterocycles. The summed E-state index contributed by atoms with van der Waals surface area (Å²) in [7, 11) is 0. The lowest BCUT2D eigenvalue weighted by molar-refractivity contribution is 0.135. The smallest absolute Gasteiger partial charge is 0.101 e. The summed E-state index contributed by atoms with van der Waals surface area (Å²) in [5, 5.41) is 0. The lowest BCUT2D eigenvalue weighted by atomic mass is 10.0. The van der Waals surface area contributed by atoms with Gasteiger partial charge in [0, 0.05) is 25.5 Å².